The molecule has 0 aliphatic heterocycles. The van der Waals surface area contributed by atoms with E-state index >= 15 is 0 Å². The van der Waals surface area contributed by atoms with Crippen molar-refractivity contribution in [1.29, 1.82) is 0 Å². The van der Waals surface area contributed by atoms with Gasteiger partial charge in [-0.15, -0.1) is 0 Å². The van der Waals surface area contributed by atoms with Crippen LogP contribution in [0.5, 0.6) is 0 Å². The summed E-state index contributed by atoms with van der Waals surface area (Å²) in [6.07, 6.45) is -4.50. The second-order valence-corrected chi connectivity index (χ2v) is 6.49. The van der Waals surface area contributed by atoms with Crippen LogP contribution >= 0.6 is 11.6 Å². The summed E-state index contributed by atoms with van der Waals surface area (Å²) in [6.45, 7) is -0.361. The molecule has 0 saturated carbocycles. The number of amides is 2. The lowest BCUT2D eigenvalue weighted by Crippen LogP contribution is -2.35. The topological polar surface area (TPSA) is 49.4 Å². The molecule has 2 rings (SSSR count). The lowest BCUT2D eigenvalue weighted by molar-refractivity contribution is -0.137. The van der Waals surface area contributed by atoms with Crippen molar-refractivity contribution in [2.75, 3.05) is 18.9 Å². The standard InChI is InChI=1S/C19H17ClF4N2O2/c1-26(18(28)9-6-12-4-2-3-5-16(12)21)11-17(27)25-13-7-8-15(20)14(10-13)19(22,23)24/h2-5,7-8,10H,6,9,11H2,1H3,(H,25,27). The summed E-state index contributed by atoms with van der Waals surface area (Å²) in [5.74, 6) is -1.48. The zero-order valence-electron chi connectivity index (χ0n) is 14.8. The second kappa shape index (κ2) is 9.05. The summed E-state index contributed by atoms with van der Waals surface area (Å²) in [4.78, 5) is 25.2. The van der Waals surface area contributed by atoms with Gasteiger partial charge in [-0.1, -0.05) is 29.8 Å². The Hall–Kier alpha value is -2.61. The first-order valence-corrected chi connectivity index (χ1v) is 8.59. The third-order valence-corrected chi connectivity index (χ3v) is 4.26. The van der Waals surface area contributed by atoms with Crippen LogP contribution in [-0.4, -0.2) is 30.3 Å². The fourth-order valence-corrected chi connectivity index (χ4v) is 2.68. The van der Waals surface area contributed by atoms with Gasteiger partial charge in [0.25, 0.3) is 0 Å². The van der Waals surface area contributed by atoms with E-state index in [2.05, 4.69) is 5.32 Å². The molecule has 2 aromatic carbocycles. The number of hydrogen-bond acceptors (Lipinski definition) is 2. The summed E-state index contributed by atoms with van der Waals surface area (Å²) in [5, 5.41) is 1.82. The van der Waals surface area contributed by atoms with Crippen molar-refractivity contribution in [3.63, 3.8) is 0 Å². The van der Waals surface area contributed by atoms with Crippen molar-refractivity contribution >= 4 is 29.1 Å². The van der Waals surface area contributed by atoms with E-state index in [9.17, 15) is 27.2 Å². The number of nitrogens with one attached hydrogen (secondary N) is 1. The second-order valence-electron chi connectivity index (χ2n) is 6.08. The number of carbonyl (C=O) groups excluding carboxylic acids is 2. The average Bonchev–Trinajstić information content (AvgIpc) is 2.61. The molecule has 9 heteroatoms. The summed E-state index contributed by atoms with van der Waals surface area (Å²) in [5.41, 5.74) is -0.773. The number of anilines is 1. The third kappa shape index (κ3) is 5.95. The predicted molar refractivity (Wildman–Crippen MR) is 97.4 cm³/mol. The van der Waals surface area contributed by atoms with Gasteiger partial charge in [0.2, 0.25) is 11.8 Å². The first-order chi connectivity index (χ1) is 13.1. The van der Waals surface area contributed by atoms with Gasteiger partial charge < -0.3 is 10.2 Å². The van der Waals surface area contributed by atoms with Crippen LogP contribution < -0.4 is 5.32 Å². The van der Waals surface area contributed by atoms with E-state index in [1.807, 2.05) is 0 Å². The molecule has 0 atom stereocenters. The monoisotopic (exact) mass is 416 g/mol. The Morgan fingerprint density at radius 1 is 1.14 bits per heavy atom. The van der Waals surface area contributed by atoms with Crippen molar-refractivity contribution in [1.82, 2.24) is 4.90 Å². The number of aryl methyl sites for hydroxylation is 1. The van der Waals surface area contributed by atoms with Gasteiger partial charge in [-0.2, -0.15) is 13.2 Å². The van der Waals surface area contributed by atoms with Crippen LogP contribution in [0.1, 0.15) is 17.5 Å². The highest BCUT2D eigenvalue weighted by Gasteiger charge is 2.33. The minimum absolute atomic E-state index is 0.0100. The zero-order chi connectivity index (χ0) is 20.9. The number of hydrogen-bond donors (Lipinski definition) is 1. The van der Waals surface area contributed by atoms with Gasteiger partial charge in [0.1, 0.15) is 5.82 Å². The lowest BCUT2D eigenvalue weighted by Gasteiger charge is -2.17. The first-order valence-electron chi connectivity index (χ1n) is 8.22. The number of benzene rings is 2. The van der Waals surface area contributed by atoms with E-state index in [-0.39, 0.29) is 25.1 Å². The molecule has 0 radical (unpaired) electrons. The molecule has 0 bridgehead atoms. The zero-order valence-corrected chi connectivity index (χ0v) is 15.6. The fraction of sp³-hybridized carbons (Fsp3) is 0.263. The molecular formula is C19H17ClF4N2O2. The molecule has 2 aromatic rings. The fourth-order valence-electron chi connectivity index (χ4n) is 2.46. The quantitative estimate of drug-likeness (QED) is 0.703. The molecule has 4 nitrogen and oxygen atoms in total. The Morgan fingerprint density at radius 2 is 1.82 bits per heavy atom. The van der Waals surface area contributed by atoms with Gasteiger partial charge in [0, 0.05) is 19.2 Å². The third-order valence-electron chi connectivity index (χ3n) is 3.93. The minimum atomic E-state index is -4.66. The normalized spacial score (nSPS) is 11.2. The smallest absolute Gasteiger partial charge is 0.336 e. The van der Waals surface area contributed by atoms with Crippen LogP contribution in [0.15, 0.2) is 42.5 Å². The first kappa shape index (κ1) is 21.7. The van der Waals surface area contributed by atoms with Gasteiger partial charge in [-0.3, -0.25) is 9.59 Å². The van der Waals surface area contributed by atoms with Gasteiger partial charge >= 0.3 is 6.18 Å². The highest BCUT2D eigenvalue weighted by atomic mass is 35.5. The van der Waals surface area contributed by atoms with Gasteiger partial charge in [0.05, 0.1) is 17.1 Å². The van der Waals surface area contributed by atoms with Crippen molar-refractivity contribution in [2.45, 2.75) is 19.0 Å². The Balaban J connectivity index is 1.92. The Morgan fingerprint density at radius 3 is 2.46 bits per heavy atom. The predicted octanol–water partition coefficient (Wildman–Crippen LogP) is 4.53. The van der Waals surface area contributed by atoms with E-state index in [1.54, 1.807) is 12.1 Å². The number of rotatable bonds is 6. The summed E-state index contributed by atoms with van der Waals surface area (Å²) < 4.78 is 52.1. The van der Waals surface area contributed by atoms with E-state index < -0.39 is 34.4 Å². The van der Waals surface area contributed by atoms with Crippen LogP contribution in [0.2, 0.25) is 5.02 Å². The summed E-state index contributed by atoms with van der Waals surface area (Å²) in [6, 6.07) is 9.03. The van der Waals surface area contributed by atoms with Gasteiger partial charge in [0.15, 0.2) is 0 Å². The minimum Gasteiger partial charge on any atom is -0.336 e. The molecule has 0 heterocycles. The number of carbonyl (C=O) groups is 2. The average molecular weight is 417 g/mol. The molecule has 0 aromatic heterocycles. The molecule has 0 saturated heterocycles. The Labute approximate surface area is 164 Å². The lowest BCUT2D eigenvalue weighted by atomic mass is 10.1. The molecule has 0 aliphatic rings. The van der Waals surface area contributed by atoms with Crippen molar-refractivity contribution < 1.29 is 27.2 Å². The Bertz CT molecular complexity index is 871. The maximum Gasteiger partial charge on any atom is 0.417 e. The number of nitrogens with zero attached hydrogens (tertiary/aromatic N) is 1. The van der Waals surface area contributed by atoms with Gasteiger partial charge in [-0.25, -0.2) is 4.39 Å². The molecular weight excluding hydrogens is 400 g/mol. The molecule has 0 fully saturated rings. The SMILES string of the molecule is CN(CC(=O)Nc1ccc(Cl)c(C(F)(F)F)c1)C(=O)CCc1ccccc1F. The molecule has 0 unspecified atom stereocenters. The van der Waals surface area contributed by atoms with Crippen molar-refractivity contribution in [3.8, 4) is 0 Å². The molecule has 28 heavy (non-hydrogen) atoms. The summed E-state index contributed by atoms with van der Waals surface area (Å²) in [7, 11) is 1.38. The molecule has 150 valence electrons. The van der Waals surface area contributed by atoms with Crippen LogP contribution in [0, 0.1) is 5.82 Å². The van der Waals surface area contributed by atoms with E-state index in [4.69, 9.17) is 11.6 Å². The Kier molecular flexibility index (Phi) is 7.01. The number of likely N-dealkylation sites (N-methyl/N-ethyl adjacent to an activating group) is 1. The van der Waals surface area contributed by atoms with E-state index in [0.717, 1.165) is 17.0 Å². The molecule has 1 N–H and O–H groups in total. The van der Waals surface area contributed by atoms with Gasteiger partial charge in [-0.05, 0) is 36.2 Å². The molecule has 0 aliphatic carbocycles. The summed E-state index contributed by atoms with van der Waals surface area (Å²) >= 11 is 5.53. The number of alkyl halides is 3. The number of halogens is 5. The van der Waals surface area contributed by atoms with E-state index in [0.29, 0.717) is 5.56 Å². The molecule has 2 amide bonds. The largest absolute Gasteiger partial charge is 0.417 e. The maximum atomic E-state index is 13.6. The van der Waals surface area contributed by atoms with Crippen molar-refractivity contribution in [3.05, 3.63) is 64.4 Å². The van der Waals surface area contributed by atoms with Crippen LogP contribution in [0.3, 0.4) is 0 Å². The highest BCUT2D eigenvalue weighted by molar-refractivity contribution is 6.31. The maximum absolute atomic E-state index is 13.6. The van der Waals surface area contributed by atoms with E-state index in [1.165, 1.54) is 25.2 Å². The molecule has 0 spiro atoms. The van der Waals surface area contributed by atoms with Crippen LogP contribution in [-0.2, 0) is 22.2 Å². The highest BCUT2D eigenvalue weighted by Crippen LogP contribution is 2.36. The van der Waals surface area contributed by atoms with Crippen molar-refractivity contribution in [2.24, 2.45) is 0 Å². The van der Waals surface area contributed by atoms with Crippen LogP contribution in [0.25, 0.3) is 0 Å². The van der Waals surface area contributed by atoms with Crippen LogP contribution in [0.4, 0.5) is 23.2 Å².